The van der Waals surface area contributed by atoms with Crippen LogP contribution >= 0.6 is 0 Å². The molecule has 0 fully saturated rings. The van der Waals surface area contributed by atoms with E-state index in [1.165, 1.54) is 6.92 Å². The standard InChI is InChI=1S/C12H15F2NO2/c1-3-17-11(16)12(2,7-15)8-4-9(13)6-10(14)5-8/h4-6H,3,7,15H2,1-2H3. The Labute approximate surface area is 98.6 Å². The number of carbonyl (C=O) groups excluding carboxylic acids is 1. The third-order valence-corrected chi connectivity index (χ3v) is 2.63. The lowest BCUT2D eigenvalue weighted by Gasteiger charge is -2.26. The van der Waals surface area contributed by atoms with E-state index in [4.69, 9.17) is 10.5 Å². The van der Waals surface area contributed by atoms with Gasteiger partial charge in [0, 0.05) is 12.6 Å². The average molecular weight is 243 g/mol. The van der Waals surface area contributed by atoms with Crippen LogP contribution in [0, 0.1) is 11.6 Å². The molecule has 0 aliphatic rings. The van der Waals surface area contributed by atoms with Gasteiger partial charge in [-0.3, -0.25) is 4.79 Å². The van der Waals surface area contributed by atoms with Crippen molar-refractivity contribution in [3.8, 4) is 0 Å². The summed E-state index contributed by atoms with van der Waals surface area (Å²) in [5.74, 6) is -2.08. The van der Waals surface area contributed by atoms with Gasteiger partial charge in [0.2, 0.25) is 0 Å². The average Bonchev–Trinajstić information content (AvgIpc) is 2.26. The zero-order chi connectivity index (χ0) is 13.1. The third kappa shape index (κ3) is 2.79. The molecule has 0 radical (unpaired) electrons. The van der Waals surface area contributed by atoms with Gasteiger partial charge in [-0.1, -0.05) is 0 Å². The van der Waals surface area contributed by atoms with Crippen LogP contribution in [-0.2, 0) is 14.9 Å². The van der Waals surface area contributed by atoms with Crippen LogP contribution in [0.4, 0.5) is 8.78 Å². The van der Waals surface area contributed by atoms with Crippen LogP contribution in [0.15, 0.2) is 18.2 Å². The maximum Gasteiger partial charge on any atom is 0.317 e. The molecular weight excluding hydrogens is 228 g/mol. The Hall–Kier alpha value is -1.49. The van der Waals surface area contributed by atoms with Gasteiger partial charge < -0.3 is 10.5 Å². The maximum absolute atomic E-state index is 13.1. The first kappa shape index (κ1) is 13.6. The molecule has 0 aromatic heterocycles. The number of halogens is 2. The molecule has 94 valence electrons. The number of nitrogens with two attached hydrogens (primary N) is 1. The molecule has 0 saturated carbocycles. The predicted octanol–water partition coefficient (Wildman–Crippen LogP) is 1.74. The lowest BCUT2D eigenvalue weighted by atomic mass is 9.82. The van der Waals surface area contributed by atoms with Crippen molar-refractivity contribution in [2.75, 3.05) is 13.2 Å². The van der Waals surface area contributed by atoms with Crippen LogP contribution in [0.5, 0.6) is 0 Å². The quantitative estimate of drug-likeness (QED) is 0.819. The summed E-state index contributed by atoms with van der Waals surface area (Å²) in [5, 5.41) is 0. The van der Waals surface area contributed by atoms with Crippen LogP contribution in [0.2, 0.25) is 0 Å². The number of hydrogen-bond donors (Lipinski definition) is 1. The first-order valence-corrected chi connectivity index (χ1v) is 5.28. The van der Waals surface area contributed by atoms with Gasteiger partial charge >= 0.3 is 5.97 Å². The number of carbonyl (C=O) groups is 1. The summed E-state index contributed by atoms with van der Waals surface area (Å²) < 4.78 is 31.1. The molecule has 0 spiro atoms. The molecule has 0 aliphatic heterocycles. The number of ether oxygens (including phenoxy) is 1. The monoisotopic (exact) mass is 243 g/mol. The molecule has 0 aliphatic carbocycles. The van der Waals surface area contributed by atoms with E-state index in [9.17, 15) is 13.6 Å². The van der Waals surface area contributed by atoms with Crippen molar-refractivity contribution in [2.24, 2.45) is 5.73 Å². The zero-order valence-electron chi connectivity index (χ0n) is 9.80. The molecule has 1 rings (SSSR count). The number of benzene rings is 1. The number of rotatable bonds is 4. The molecular formula is C12H15F2NO2. The molecule has 0 bridgehead atoms. The summed E-state index contributed by atoms with van der Waals surface area (Å²) in [6.07, 6.45) is 0. The van der Waals surface area contributed by atoms with Gasteiger partial charge in [0.1, 0.15) is 17.0 Å². The van der Waals surface area contributed by atoms with Gasteiger partial charge in [-0.25, -0.2) is 8.78 Å². The fourth-order valence-electron chi connectivity index (χ4n) is 1.48. The van der Waals surface area contributed by atoms with Crippen LogP contribution < -0.4 is 5.73 Å². The highest BCUT2D eigenvalue weighted by Crippen LogP contribution is 2.26. The summed E-state index contributed by atoms with van der Waals surface area (Å²) in [6.45, 7) is 3.25. The SMILES string of the molecule is CCOC(=O)C(C)(CN)c1cc(F)cc(F)c1. The maximum atomic E-state index is 13.1. The second-order valence-corrected chi connectivity index (χ2v) is 3.91. The van der Waals surface area contributed by atoms with Crippen molar-refractivity contribution in [3.05, 3.63) is 35.4 Å². The van der Waals surface area contributed by atoms with Gasteiger partial charge in [0.15, 0.2) is 0 Å². The Morgan fingerprint density at radius 1 is 1.35 bits per heavy atom. The third-order valence-electron chi connectivity index (χ3n) is 2.63. The van der Waals surface area contributed by atoms with Crippen molar-refractivity contribution >= 4 is 5.97 Å². The van der Waals surface area contributed by atoms with Crippen LogP contribution in [0.1, 0.15) is 19.4 Å². The smallest absolute Gasteiger partial charge is 0.317 e. The van der Waals surface area contributed by atoms with Gasteiger partial charge in [0.05, 0.1) is 6.61 Å². The number of hydrogen-bond acceptors (Lipinski definition) is 3. The van der Waals surface area contributed by atoms with Crippen molar-refractivity contribution < 1.29 is 18.3 Å². The van der Waals surface area contributed by atoms with E-state index in [1.54, 1.807) is 6.92 Å². The fourth-order valence-corrected chi connectivity index (χ4v) is 1.48. The van der Waals surface area contributed by atoms with E-state index in [0.717, 1.165) is 18.2 Å². The van der Waals surface area contributed by atoms with Gasteiger partial charge in [-0.15, -0.1) is 0 Å². The van der Waals surface area contributed by atoms with Crippen molar-refractivity contribution in [1.82, 2.24) is 0 Å². The minimum absolute atomic E-state index is 0.0886. The second kappa shape index (κ2) is 5.23. The van der Waals surface area contributed by atoms with Gasteiger partial charge in [-0.05, 0) is 31.5 Å². The van der Waals surface area contributed by atoms with E-state index in [1.807, 2.05) is 0 Å². The van der Waals surface area contributed by atoms with E-state index < -0.39 is 23.0 Å². The van der Waals surface area contributed by atoms with Crippen molar-refractivity contribution in [3.63, 3.8) is 0 Å². The highest BCUT2D eigenvalue weighted by molar-refractivity contribution is 5.83. The Morgan fingerprint density at radius 2 is 1.88 bits per heavy atom. The Kier molecular flexibility index (Phi) is 4.17. The molecule has 1 aromatic carbocycles. The normalized spacial score (nSPS) is 14.2. The molecule has 0 amide bonds. The minimum atomic E-state index is -1.24. The Bertz CT molecular complexity index is 403. The molecule has 1 unspecified atom stereocenters. The summed E-state index contributed by atoms with van der Waals surface area (Å²) >= 11 is 0. The largest absolute Gasteiger partial charge is 0.465 e. The number of esters is 1. The van der Waals surface area contributed by atoms with E-state index in [0.29, 0.717) is 0 Å². The van der Waals surface area contributed by atoms with Crippen LogP contribution in [0.3, 0.4) is 0 Å². The summed E-state index contributed by atoms with van der Waals surface area (Å²) in [5.41, 5.74) is 4.46. The minimum Gasteiger partial charge on any atom is -0.465 e. The molecule has 5 heteroatoms. The molecule has 2 N–H and O–H groups in total. The van der Waals surface area contributed by atoms with E-state index in [-0.39, 0.29) is 18.7 Å². The van der Waals surface area contributed by atoms with Crippen molar-refractivity contribution in [1.29, 1.82) is 0 Å². The Morgan fingerprint density at radius 3 is 2.29 bits per heavy atom. The Balaban J connectivity index is 3.19. The zero-order valence-corrected chi connectivity index (χ0v) is 9.80. The molecule has 1 atom stereocenters. The highest BCUT2D eigenvalue weighted by Gasteiger charge is 2.36. The van der Waals surface area contributed by atoms with E-state index >= 15 is 0 Å². The van der Waals surface area contributed by atoms with Crippen LogP contribution in [0.25, 0.3) is 0 Å². The summed E-state index contributed by atoms with van der Waals surface area (Å²) in [7, 11) is 0. The van der Waals surface area contributed by atoms with Gasteiger partial charge in [-0.2, -0.15) is 0 Å². The first-order chi connectivity index (χ1) is 7.93. The van der Waals surface area contributed by atoms with Crippen molar-refractivity contribution in [2.45, 2.75) is 19.3 Å². The predicted molar refractivity (Wildman–Crippen MR) is 59.4 cm³/mol. The molecule has 0 heterocycles. The summed E-state index contributed by atoms with van der Waals surface area (Å²) in [6, 6.07) is 2.92. The second-order valence-electron chi connectivity index (χ2n) is 3.91. The molecule has 17 heavy (non-hydrogen) atoms. The van der Waals surface area contributed by atoms with Gasteiger partial charge in [0.25, 0.3) is 0 Å². The summed E-state index contributed by atoms with van der Waals surface area (Å²) in [4.78, 5) is 11.8. The lowest BCUT2D eigenvalue weighted by Crippen LogP contribution is -2.41. The van der Waals surface area contributed by atoms with E-state index in [2.05, 4.69) is 0 Å². The molecule has 1 aromatic rings. The highest BCUT2D eigenvalue weighted by atomic mass is 19.1. The first-order valence-electron chi connectivity index (χ1n) is 5.28. The molecule has 0 saturated heterocycles. The topological polar surface area (TPSA) is 52.3 Å². The lowest BCUT2D eigenvalue weighted by molar-refractivity contribution is -0.149. The fraction of sp³-hybridized carbons (Fsp3) is 0.417. The van der Waals surface area contributed by atoms with Crippen LogP contribution in [-0.4, -0.2) is 19.1 Å². The molecule has 3 nitrogen and oxygen atoms in total.